The molecule has 0 saturated carbocycles. The molecule has 0 aliphatic carbocycles. The molecule has 2 heterocycles. The first-order valence-corrected chi connectivity index (χ1v) is 8.51. The van der Waals surface area contributed by atoms with Crippen molar-refractivity contribution in [3.8, 4) is 0 Å². The maximum atomic E-state index is 11.8. The summed E-state index contributed by atoms with van der Waals surface area (Å²) in [6.07, 6.45) is -0.249. The quantitative estimate of drug-likeness (QED) is 0.731. The van der Waals surface area contributed by atoms with Crippen LogP contribution in [-0.4, -0.2) is 57.4 Å². The van der Waals surface area contributed by atoms with Crippen molar-refractivity contribution in [2.24, 2.45) is 0 Å². The van der Waals surface area contributed by atoms with Crippen LogP contribution in [-0.2, 0) is 20.8 Å². The van der Waals surface area contributed by atoms with Crippen molar-refractivity contribution in [3.05, 3.63) is 41.7 Å². The zero-order chi connectivity index (χ0) is 17.6. The normalized spacial score (nSPS) is 19.5. The Morgan fingerprint density at radius 2 is 2.20 bits per heavy atom. The summed E-state index contributed by atoms with van der Waals surface area (Å²) >= 11 is 0. The predicted octanol–water partition coefficient (Wildman–Crippen LogP) is 1.37. The van der Waals surface area contributed by atoms with E-state index in [9.17, 15) is 4.79 Å². The first-order valence-electron chi connectivity index (χ1n) is 8.51. The lowest BCUT2D eigenvalue weighted by atomic mass is 10.2. The summed E-state index contributed by atoms with van der Waals surface area (Å²) in [6.45, 7) is 6.79. The van der Waals surface area contributed by atoms with E-state index < -0.39 is 6.04 Å². The van der Waals surface area contributed by atoms with Gasteiger partial charge in [-0.15, -0.1) is 15.0 Å². The molecule has 1 aliphatic heterocycles. The summed E-state index contributed by atoms with van der Waals surface area (Å²) in [7, 11) is 0. The van der Waals surface area contributed by atoms with Crippen LogP contribution in [0.3, 0.4) is 0 Å². The minimum Gasteiger partial charge on any atom is -0.464 e. The summed E-state index contributed by atoms with van der Waals surface area (Å²) in [4.78, 5) is 15.4. The summed E-state index contributed by atoms with van der Waals surface area (Å²) < 4.78 is 10.8. The molecule has 134 valence electrons. The molecular weight excluding hydrogens is 322 g/mol. The Hall–Kier alpha value is -2.32. The van der Waals surface area contributed by atoms with Gasteiger partial charge in [-0.1, -0.05) is 30.3 Å². The molecule has 2 aromatic rings. The van der Waals surface area contributed by atoms with Crippen molar-refractivity contribution in [1.29, 1.82) is 0 Å². The topological polar surface area (TPSA) is 82.4 Å². The van der Waals surface area contributed by atoms with Crippen LogP contribution in [0.1, 0.15) is 37.4 Å². The fourth-order valence-corrected chi connectivity index (χ4v) is 2.73. The van der Waals surface area contributed by atoms with Gasteiger partial charge in [0.15, 0.2) is 6.04 Å². The van der Waals surface area contributed by atoms with Gasteiger partial charge in [0.25, 0.3) is 0 Å². The molecule has 8 nitrogen and oxygen atoms in total. The molecule has 0 spiro atoms. The van der Waals surface area contributed by atoms with Crippen molar-refractivity contribution in [2.45, 2.75) is 32.5 Å². The Morgan fingerprint density at radius 1 is 1.40 bits per heavy atom. The van der Waals surface area contributed by atoms with Crippen molar-refractivity contribution in [2.75, 3.05) is 26.3 Å². The lowest BCUT2D eigenvalue weighted by Crippen LogP contribution is -2.38. The van der Waals surface area contributed by atoms with Crippen molar-refractivity contribution in [1.82, 2.24) is 25.1 Å². The van der Waals surface area contributed by atoms with E-state index in [1.807, 2.05) is 18.2 Å². The van der Waals surface area contributed by atoms with Crippen LogP contribution in [0, 0.1) is 0 Å². The zero-order valence-electron chi connectivity index (χ0n) is 14.5. The third-order valence-corrected chi connectivity index (χ3v) is 4.11. The number of hydrogen-bond donors (Lipinski definition) is 0. The molecule has 0 radical (unpaired) electrons. The van der Waals surface area contributed by atoms with Crippen LogP contribution in [0.5, 0.6) is 0 Å². The molecular formula is C17H23N5O3. The van der Waals surface area contributed by atoms with Gasteiger partial charge in [0.1, 0.15) is 6.10 Å². The summed E-state index contributed by atoms with van der Waals surface area (Å²) in [6, 6.07) is 9.71. The van der Waals surface area contributed by atoms with Crippen LogP contribution < -0.4 is 0 Å². The molecule has 1 fully saturated rings. The van der Waals surface area contributed by atoms with Gasteiger partial charge >= 0.3 is 5.97 Å². The van der Waals surface area contributed by atoms with Crippen LogP contribution in [0.25, 0.3) is 0 Å². The minimum absolute atomic E-state index is 0.249. The average molecular weight is 345 g/mol. The number of benzene rings is 1. The third-order valence-electron chi connectivity index (χ3n) is 4.11. The van der Waals surface area contributed by atoms with Gasteiger partial charge in [0.05, 0.1) is 13.2 Å². The number of carbonyl (C=O) groups excluding carboxylic acids is 1. The fraction of sp³-hybridized carbons (Fsp3) is 0.529. The maximum absolute atomic E-state index is 11.8. The van der Waals surface area contributed by atoms with Gasteiger partial charge < -0.3 is 9.47 Å². The fourth-order valence-electron chi connectivity index (χ4n) is 2.73. The van der Waals surface area contributed by atoms with Crippen LogP contribution in [0.4, 0.5) is 0 Å². The van der Waals surface area contributed by atoms with E-state index in [-0.39, 0.29) is 12.1 Å². The highest BCUT2D eigenvalue weighted by Gasteiger charge is 2.27. The number of morpholine rings is 1. The highest BCUT2D eigenvalue weighted by atomic mass is 16.5. The number of aromatic nitrogens is 4. The average Bonchev–Trinajstić information content (AvgIpc) is 3.12. The Balaban J connectivity index is 1.63. The lowest BCUT2D eigenvalue weighted by molar-refractivity contribution is -0.147. The first-order chi connectivity index (χ1) is 12.2. The van der Waals surface area contributed by atoms with E-state index >= 15 is 0 Å². The maximum Gasteiger partial charge on any atom is 0.332 e. The molecule has 1 aliphatic rings. The van der Waals surface area contributed by atoms with E-state index in [0.717, 1.165) is 13.1 Å². The molecule has 8 heteroatoms. The molecule has 3 rings (SSSR count). The first kappa shape index (κ1) is 17.5. The molecule has 25 heavy (non-hydrogen) atoms. The highest BCUT2D eigenvalue weighted by molar-refractivity contribution is 5.73. The van der Waals surface area contributed by atoms with E-state index in [0.29, 0.717) is 25.6 Å². The van der Waals surface area contributed by atoms with Crippen molar-refractivity contribution in [3.63, 3.8) is 0 Å². The van der Waals surface area contributed by atoms with E-state index in [1.165, 1.54) is 10.4 Å². The summed E-state index contributed by atoms with van der Waals surface area (Å²) in [5.74, 6) is 0.121. The number of tetrazole rings is 1. The van der Waals surface area contributed by atoms with Gasteiger partial charge in [0.2, 0.25) is 5.82 Å². The second-order valence-corrected chi connectivity index (χ2v) is 5.98. The van der Waals surface area contributed by atoms with Gasteiger partial charge in [-0.05, 0) is 24.6 Å². The standard InChI is InChI=1S/C17H23N5O3/c1-3-24-17(23)13(2)22-19-16(18-20-22)15-12-21(9-10-25-15)11-14-7-5-4-6-8-14/h4-8,13,15H,3,9-12H2,1-2H3/t13-,15-/m1/s1. The van der Waals surface area contributed by atoms with Gasteiger partial charge in [-0.2, -0.15) is 0 Å². The number of rotatable bonds is 6. The smallest absolute Gasteiger partial charge is 0.332 e. The van der Waals surface area contributed by atoms with Crippen LogP contribution in [0.2, 0.25) is 0 Å². The molecule has 1 saturated heterocycles. The Bertz CT molecular complexity index is 691. The number of ether oxygens (including phenoxy) is 2. The second-order valence-electron chi connectivity index (χ2n) is 5.98. The van der Waals surface area contributed by atoms with E-state index in [4.69, 9.17) is 9.47 Å². The van der Waals surface area contributed by atoms with Gasteiger partial charge in [-0.3, -0.25) is 4.90 Å². The summed E-state index contributed by atoms with van der Waals surface area (Å²) in [5.41, 5.74) is 1.26. The predicted molar refractivity (Wildman–Crippen MR) is 89.6 cm³/mol. The molecule has 2 atom stereocenters. The molecule has 0 N–H and O–H groups in total. The molecule has 0 amide bonds. The summed E-state index contributed by atoms with van der Waals surface area (Å²) in [5, 5.41) is 12.4. The molecule has 0 bridgehead atoms. The number of carbonyl (C=O) groups is 1. The molecule has 1 aromatic carbocycles. The Kier molecular flexibility index (Phi) is 5.72. The Morgan fingerprint density at radius 3 is 2.96 bits per heavy atom. The van der Waals surface area contributed by atoms with Crippen LogP contribution in [0.15, 0.2) is 30.3 Å². The Labute approximate surface area is 146 Å². The lowest BCUT2D eigenvalue weighted by Gasteiger charge is -2.31. The SMILES string of the molecule is CCOC(=O)[C@@H](C)n1nnc([C@H]2CN(Cc3ccccc3)CCO2)n1. The van der Waals surface area contributed by atoms with E-state index in [2.05, 4.69) is 32.4 Å². The molecule has 1 aromatic heterocycles. The zero-order valence-corrected chi connectivity index (χ0v) is 14.5. The highest BCUT2D eigenvalue weighted by Crippen LogP contribution is 2.20. The monoisotopic (exact) mass is 345 g/mol. The van der Waals surface area contributed by atoms with Crippen molar-refractivity contribution >= 4 is 5.97 Å². The number of nitrogens with zero attached hydrogens (tertiary/aromatic N) is 5. The largest absolute Gasteiger partial charge is 0.464 e. The third kappa shape index (κ3) is 4.40. The van der Waals surface area contributed by atoms with Crippen LogP contribution >= 0.6 is 0 Å². The molecule has 0 unspecified atom stereocenters. The van der Waals surface area contributed by atoms with Gasteiger partial charge in [-0.25, -0.2) is 4.79 Å². The van der Waals surface area contributed by atoms with Gasteiger partial charge in [0, 0.05) is 19.6 Å². The number of esters is 1. The van der Waals surface area contributed by atoms with Crippen molar-refractivity contribution < 1.29 is 14.3 Å². The minimum atomic E-state index is -0.606. The van der Waals surface area contributed by atoms with E-state index in [1.54, 1.807) is 13.8 Å². The second kappa shape index (κ2) is 8.17. The number of hydrogen-bond acceptors (Lipinski definition) is 7.